The molecule has 1 aromatic heterocycles. The third-order valence-corrected chi connectivity index (χ3v) is 4.62. The number of furan rings is 1. The van der Waals surface area contributed by atoms with Crippen molar-refractivity contribution in [2.75, 3.05) is 0 Å². The Hall–Kier alpha value is -1.05. The summed E-state index contributed by atoms with van der Waals surface area (Å²) in [6.07, 6.45) is 4.34. The Morgan fingerprint density at radius 2 is 2.27 bits per heavy atom. The van der Waals surface area contributed by atoms with Crippen LogP contribution in [0.25, 0.3) is 0 Å². The Balaban J connectivity index is 2.07. The molecule has 0 N–H and O–H groups in total. The number of ketones is 1. The molecular formula is C13H16O2. The van der Waals surface area contributed by atoms with Crippen LogP contribution in [0, 0.1) is 17.3 Å². The highest BCUT2D eigenvalue weighted by Crippen LogP contribution is 2.52. The quantitative estimate of drug-likeness (QED) is 0.650. The Kier molecular flexibility index (Phi) is 1.68. The van der Waals surface area contributed by atoms with Crippen molar-refractivity contribution in [2.24, 2.45) is 17.3 Å². The minimum atomic E-state index is 0.141. The maximum Gasteiger partial charge on any atom is 0.137 e. The van der Waals surface area contributed by atoms with E-state index in [0.29, 0.717) is 11.7 Å². The standard InChI is InChI=1S/C13H16O2/c1-8-5-11(14)10-6-9-3-4-15-12(9)7-13(8,10)2/h3-4,8,10H,5-7H2,1-2H3/t8-,10-,13+/m1/s1. The first kappa shape index (κ1) is 9.20. The Morgan fingerprint density at radius 3 is 3.07 bits per heavy atom. The van der Waals surface area contributed by atoms with Gasteiger partial charge in [-0.1, -0.05) is 13.8 Å². The van der Waals surface area contributed by atoms with Gasteiger partial charge in [-0.25, -0.2) is 0 Å². The van der Waals surface area contributed by atoms with E-state index < -0.39 is 0 Å². The van der Waals surface area contributed by atoms with Gasteiger partial charge in [-0.2, -0.15) is 0 Å². The first-order valence-corrected chi connectivity index (χ1v) is 5.69. The lowest BCUT2D eigenvalue weighted by Crippen LogP contribution is -2.36. The molecule has 0 radical (unpaired) electrons. The predicted octanol–water partition coefficient (Wildman–Crippen LogP) is 2.61. The van der Waals surface area contributed by atoms with Crippen LogP contribution in [0.4, 0.5) is 0 Å². The molecule has 1 saturated carbocycles. The van der Waals surface area contributed by atoms with E-state index >= 15 is 0 Å². The summed E-state index contributed by atoms with van der Waals surface area (Å²) in [6.45, 7) is 4.45. The van der Waals surface area contributed by atoms with Crippen molar-refractivity contribution in [1.29, 1.82) is 0 Å². The molecule has 0 aliphatic heterocycles. The fraction of sp³-hybridized carbons (Fsp3) is 0.615. The number of hydrogen-bond donors (Lipinski definition) is 0. The largest absolute Gasteiger partial charge is 0.469 e. The molecule has 1 fully saturated rings. The van der Waals surface area contributed by atoms with Crippen LogP contribution >= 0.6 is 0 Å². The third-order valence-electron chi connectivity index (χ3n) is 4.62. The van der Waals surface area contributed by atoms with E-state index in [-0.39, 0.29) is 11.3 Å². The second-order valence-corrected chi connectivity index (χ2v) is 5.38. The molecule has 80 valence electrons. The zero-order chi connectivity index (χ0) is 10.6. The monoisotopic (exact) mass is 204 g/mol. The molecule has 0 aromatic carbocycles. The molecule has 2 aliphatic carbocycles. The number of carbonyl (C=O) groups excluding carboxylic acids is 1. The molecule has 3 atom stereocenters. The molecule has 0 bridgehead atoms. The minimum absolute atomic E-state index is 0.141. The molecule has 2 heteroatoms. The first-order chi connectivity index (χ1) is 7.11. The van der Waals surface area contributed by atoms with Gasteiger partial charge in [0.05, 0.1) is 6.26 Å². The van der Waals surface area contributed by atoms with Crippen molar-refractivity contribution in [3.05, 3.63) is 23.7 Å². The Morgan fingerprint density at radius 1 is 1.47 bits per heavy atom. The molecular weight excluding hydrogens is 188 g/mol. The first-order valence-electron chi connectivity index (χ1n) is 5.69. The molecule has 2 aliphatic rings. The lowest BCUT2D eigenvalue weighted by atomic mass is 9.66. The van der Waals surface area contributed by atoms with E-state index in [9.17, 15) is 4.79 Å². The highest BCUT2D eigenvalue weighted by Gasteiger charge is 2.52. The summed E-state index contributed by atoms with van der Waals surface area (Å²) >= 11 is 0. The number of fused-ring (bicyclic) bond motifs is 2. The van der Waals surface area contributed by atoms with Gasteiger partial charge in [-0.15, -0.1) is 0 Å². The summed E-state index contributed by atoms with van der Waals surface area (Å²) in [6, 6.07) is 2.02. The summed E-state index contributed by atoms with van der Waals surface area (Å²) in [5, 5.41) is 0. The molecule has 2 nitrogen and oxygen atoms in total. The van der Waals surface area contributed by atoms with Crippen LogP contribution < -0.4 is 0 Å². The molecule has 0 saturated heterocycles. The zero-order valence-corrected chi connectivity index (χ0v) is 9.25. The van der Waals surface area contributed by atoms with Crippen molar-refractivity contribution >= 4 is 5.78 Å². The van der Waals surface area contributed by atoms with Crippen molar-refractivity contribution in [3.63, 3.8) is 0 Å². The maximum atomic E-state index is 11.9. The van der Waals surface area contributed by atoms with Crippen molar-refractivity contribution in [3.8, 4) is 0 Å². The second-order valence-electron chi connectivity index (χ2n) is 5.38. The Bertz CT molecular complexity index is 418. The fourth-order valence-corrected chi connectivity index (χ4v) is 3.30. The minimum Gasteiger partial charge on any atom is -0.469 e. The lowest BCUT2D eigenvalue weighted by Gasteiger charge is -2.37. The van der Waals surface area contributed by atoms with Crippen LogP contribution in [-0.4, -0.2) is 5.78 Å². The van der Waals surface area contributed by atoms with Gasteiger partial charge in [0.1, 0.15) is 11.5 Å². The zero-order valence-electron chi connectivity index (χ0n) is 9.25. The van der Waals surface area contributed by atoms with E-state index in [4.69, 9.17) is 4.42 Å². The van der Waals surface area contributed by atoms with Crippen LogP contribution in [-0.2, 0) is 17.6 Å². The number of rotatable bonds is 0. The van der Waals surface area contributed by atoms with Gasteiger partial charge >= 0.3 is 0 Å². The van der Waals surface area contributed by atoms with Crippen molar-refractivity contribution in [2.45, 2.75) is 33.1 Å². The molecule has 0 spiro atoms. The fourth-order valence-electron chi connectivity index (χ4n) is 3.30. The van der Waals surface area contributed by atoms with Crippen LogP contribution in [0.2, 0.25) is 0 Å². The smallest absolute Gasteiger partial charge is 0.137 e. The van der Waals surface area contributed by atoms with Crippen LogP contribution in [0.15, 0.2) is 16.7 Å². The Labute approximate surface area is 89.7 Å². The van der Waals surface area contributed by atoms with E-state index in [1.807, 2.05) is 6.07 Å². The molecule has 1 heterocycles. The summed E-state index contributed by atoms with van der Waals surface area (Å²) in [5.41, 5.74) is 1.39. The average Bonchev–Trinajstić information content (AvgIpc) is 2.69. The molecule has 0 amide bonds. The van der Waals surface area contributed by atoms with Crippen LogP contribution in [0.1, 0.15) is 31.6 Å². The van der Waals surface area contributed by atoms with E-state index in [1.165, 1.54) is 5.56 Å². The summed E-state index contributed by atoms with van der Waals surface area (Å²) in [7, 11) is 0. The van der Waals surface area contributed by atoms with Gasteiger partial charge in [0, 0.05) is 18.8 Å². The normalized spacial score (nSPS) is 38.9. The summed E-state index contributed by atoms with van der Waals surface area (Å²) in [5.74, 6) is 2.29. The van der Waals surface area contributed by atoms with Crippen LogP contribution in [0.5, 0.6) is 0 Å². The topological polar surface area (TPSA) is 30.2 Å². The lowest BCUT2D eigenvalue weighted by molar-refractivity contribution is -0.122. The van der Waals surface area contributed by atoms with Crippen LogP contribution in [0.3, 0.4) is 0 Å². The van der Waals surface area contributed by atoms with Gasteiger partial charge < -0.3 is 4.42 Å². The van der Waals surface area contributed by atoms with Gasteiger partial charge in [-0.3, -0.25) is 4.79 Å². The highest BCUT2D eigenvalue weighted by atomic mass is 16.3. The van der Waals surface area contributed by atoms with Gasteiger partial charge in [0.25, 0.3) is 0 Å². The van der Waals surface area contributed by atoms with E-state index in [2.05, 4.69) is 13.8 Å². The van der Waals surface area contributed by atoms with Gasteiger partial charge in [0.2, 0.25) is 0 Å². The van der Waals surface area contributed by atoms with Crippen molar-refractivity contribution in [1.82, 2.24) is 0 Å². The van der Waals surface area contributed by atoms with Gasteiger partial charge in [-0.05, 0) is 29.4 Å². The summed E-state index contributed by atoms with van der Waals surface area (Å²) < 4.78 is 5.50. The second kappa shape index (κ2) is 2.75. The number of Topliss-reactive ketones (excluding diaryl/α,β-unsaturated/α-hetero) is 1. The molecule has 15 heavy (non-hydrogen) atoms. The van der Waals surface area contributed by atoms with Gasteiger partial charge in [0.15, 0.2) is 0 Å². The number of hydrogen-bond acceptors (Lipinski definition) is 2. The molecule has 1 aromatic rings. The summed E-state index contributed by atoms with van der Waals surface area (Å²) in [4.78, 5) is 11.9. The van der Waals surface area contributed by atoms with E-state index in [0.717, 1.165) is 25.0 Å². The maximum absolute atomic E-state index is 11.9. The predicted molar refractivity (Wildman–Crippen MR) is 56.5 cm³/mol. The molecule has 0 unspecified atom stereocenters. The van der Waals surface area contributed by atoms with Crippen molar-refractivity contribution < 1.29 is 9.21 Å². The average molecular weight is 204 g/mol. The van der Waals surface area contributed by atoms with E-state index in [1.54, 1.807) is 6.26 Å². The molecule has 3 rings (SSSR count). The SMILES string of the molecule is C[C@@H]1CC(=O)[C@H]2Cc3ccoc3C[C@@]12C. The number of carbonyl (C=O) groups is 1. The highest BCUT2D eigenvalue weighted by molar-refractivity contribution is 5.85. The third kappa shape index (κ3) is 1.08.